The minimum Gasteiger partial charge on any atom is -0.492 e. The van der Waals surface area contributed by atoms with Crippen molar-refractivity contribution in [1.82, 2.24) is 15.2 Å². The maximum Gasteiger partial charge on any atom is 0.234 e. The van der Waals surface area contributed by atoms with Crippen LogP contribution in [0, 0.1) is 6.92 Å². The SMILES string of the molecule is Cc1ccccc1OCCN(C)CC(=O)NCCc1nc2ccccc2s1. The molecule has 0 atom stereocenters. The first kappa shape index (κ1) is 19.3. The largest absolute Gasteiger partial charge is 0.492 e. The smallest absolute Gasteiger partial charge is 0.234 e. The van der Waals surface area contributed by atoms with E-state index in [2.05, 4.69) is 16.4 Å². The predicted octanol–water partition coefficient (Wildman–Crippen LogP) is 3.27. The van der Waals surface area contributed by atoms with Gasteiger partial charge in [-0.25, -0.2) is 4.98 Å². The number of aryl methyl sites for hydroxylation is 1. The third-order valence-electron chi connectivity index (χ3n) is 4.24. The molecule has 5 nitrogen and oxygen atoms in total. The van der Waals surface area contributed by atoms with Crippen molar-refractivity contribution in [2.45, 2.75) is 13.3 Å². The molecule has 27 heavy (non-hydrogen) atoms. The van der Waals surface area contributed by atoms with Gasteiger partial charge in [-0.05, 0) is 37.7 Å². The maximum absolute atomic E-state index is 12.1. The number of amides is 1. The number of rotatable bonds is 9. The molecule has 0 fully saturated rings. The molecule has 0 spiro atoms. The van der Waals surface area contributed by atoms with Gasteiger partial charge in [0.05, 0.1) is 21.8 Å². The lowest BCUT2D eigenvalue weighted by atomic mass is 10.2. The van der Waals surface area contributed by atoms with E-state index in [1.165, 1.54) is 4.70 Å². The first-order valence-electron chi connectivity index (χ1n) is 9.10. The second-order valence-corrected chi connectivity index (χ2v) is 7.64. The molecule has 0 unspecified atom stereocenters. The Balaban J connectivity index is 1.34. The highest BCUT2D eigenvalue weighted by Crippen LogP contribution is 2.21. The van der Waals surface area contributed by atoms with Gasteiger partial charge in [0.25, 0.3) is 0 Å². The van der Waals surface area contributed by atoms with Crippen molar-refractivity contribution in [1.29, 1.82) is 0 Å². The second-order valence-electron chi connectivity index (χ2n) is 6.53. The van der Waals surface area contributed by atoms with Crippen LogP contribution >= 0.6 is 11.3 Å². The van der Waals surface area contributed by atoms with Crippen molar-refractivity contribution in [2.24, 2.45) is 0 Å². The molecule has 2 aromatic carbocycles. The number of carbonyl (C=O) groups excluding carboxylic acids is 1. The van der Waals surface area contributed by atoms with Crippen LogP contribution in [0.2, 0.25) is 0 Å². The molecule has 1 N–H and O–H groups in total. The molecule has 0 saturated carbocycles. The van der Waals surface area contributed by atoms with Crippen molar-refractivity contribution in [3.05, 3.63) is 59.1 Å². The van der Waals surface area contributed by atoms with E-state index in [1.807, 2.05) is 61.3 Å². The molecule has 3 rings (SSSR count). The van der Waals surface area contributed by atoms with Crippen LogP contribution in [0.25, 0.3) is 10.2 Å². The third kappa shape index (κ3) is 5.77. The number of nitrogens with zero attached hydrogens (tertiary/aromatic N) is 2. The van der Waals surface area contributed by atoms with Gasteiger partial charge in [-0.15, -0.1) is 11.3 Å². The lowest BCUT2D eigenvalue weighted by Gasteiger charge is -2.17. The minimum absolute atomic E-state index is 0.0227. The van der Waals surface area contributed by atoms with E-state index in [4.69, 9.17) is 4.74 Å². The van der Waals surface area contributed by atoms with Crippen LogP contribution in [0.4, 0.5) is 0 Å². The average molecular weight is 384 g/mol. The zero-order valence-electron chi connectivity index (χ0n) is 15.8. The molecule has 0 aliphatic heterocycles. The van der Waals surface area contributed by atoms with Crippen molar-refractivity contribution in [2.75, 3.05) is 33.3 Å². The Labute approximate surface area is 164 Å². The molecule has 3 aromatic rings. The van der Waals surface area contributed by atoms with Gasteiger partial charge in [-0.1, -0.05) is 30.3 Å². The zero-order chi connectivity index (χ0) is 19.1. The third-order valence-corrected chi connectivity index (χ3v) is 5.33. The van der Waals surface area contributed by atoms with E-state index in [0.29, 0.717) is 26.2 Å². The highest BCUT2D eigenvalue weighted by atomic mass is 32.1. The van der Waals surface area contributed by atoms with Crippen molar-refractivity contribution in [3.8, 4) is 5.75 Å². The molecule has 1 amide bonds. The molecule has 0 radical (unpaired) electrons. The quantitative estimate of drug-likeness (QED) is 0.616. The van der Waals surface area contributed by atoms with E-state index >= 15 is 0 Å². The molecule has 6 heteroatoms. The Bertz CT molecular complexity index is 861. The summed E-state index contributed by atoms with van der Waals surface area (Å²) in [5, 5.41) is 4.02. The number of benzene rings is 2. The first-order valence-corrected chi connectivity index (χ1v) is 9.91. The molecular weight excluding hydrogens is 358 g/mol. The summed E-state index contributed by atoms with van der Waals surface area (Å²) < 4.78 is 6.96. The van der Waals surface area contributed by atoms with Gasteiger partial charge in [-0.2, -0.15) is 0 Å². The van der Waals surface area contributed by atoms with E-state index in [1.54, 1.807) is 11.3 Å². The molecule has 1 heterocycles. The normalized spacial score (nSPS) is 11.1. The fraction of sp³-hybridized carbons (Fsp3) is 0.333. The van der Waals surface area contributed by atoms with E-state index in [-0.39, 0.29) is 5.91 Å². The average Bonchev–Trinajstić information content (AvgIpc) is 3.06. The minimum atomic E-state index is 0.0227. The van der Waals surface area contributed by atoms with Gasteiger partial charge >= 0.3 is 0 Å². The predicted molar refractivity (Wildman–Crippen MR) is 111 cm³/mol. The van der Waals surface area contributed by atoms with Crippen molar-refractivity contribution in [3.63, 3.8) is 0 Å². The summed E-state index contributed by atoms with van der Waals surface area (Å²) in [5.74, 6) is 0.917. The van der Waals surface area contributed by atoms with E-state index in [9.17, 15) is 4.79 Å². The monoisotopic (exact) mass is 383 g/mol. The Morgan fingerprint density at radius 1 is 1.19 bits per heavy atom. The topological polar surface area (TPSA) is 54.5 Å². The standard InChI is InChI=1S/C21H25N3O2S/c1-16-7-3-5-9-18(16)26-14-13-24(2)15-20(25)22-12-11-21-23-17-8-4-6-10-19(17)27-21/h3-10H,11-15H2,1-2H3,(H,22,25). The fourth-order valence-electron chi connectivity index (χ4n) is 2.75. The van der Waals surface area contributed by atoms with Crippen LogP contribution in [0.1, 0.15) is 10.6 Å². The summed E-state index contributed by atoms with van der Waals surface area (Å²) in [6.07, 6.45) is 0.755. The Morgan fingerprint density at radius 3 is 2.78 bits per heavy atom. The molecule has 0 bridgehead atoms. The van der Waals surface area contributed by atoms with Crippen molar-refractivity contribution >= 4 is 27.5 Å². The molecule has 0 saturated heterocycles. The lowest BCUT2D eigenvalue weighted by molar-refractivity contribution is -0.121. The van der Waals surface area contributed by atoms with Crippen LogP contribution in [-0.4, -0.2) is 49.1 Å². The Hall–Kier alpha value is -2.44. The second kappa shape index (κ2) is 9.48. The number of nitrogens with one attached hydrogen (secondary N) is 1. The number of ether oxygens (including phenoxy) is 1. The Morgan fingerprint density at radius 2 is 1.96 bits per heavy atom. The molecule has 0 aliphatic rings. The van der Waals surface area contributed by atoms with Gasteiger partial charge < -0.3 is 10.1 Å². The van der Waals surface area contributed by atoms with Gasteiger partial charge in [-0.3, -0.25) is 9.69 Å². The lowest BCUT2D eigenvalue weighted by Crippen LogP contribution is -2.37. The van der Waals surface area contributed by atoms with Crippen LogP contribution in [-0.2, 0) is 11.2 Å². The summed E-state index contributed by atoms with van der Waals surface area (Å²) in [6, 6.07) is 16.0. The van der Waals surface area contributed by atoms with E-state index in [0.717, 1.165) is 28.3 Å². The summed E-state index contributed by atoms with van der Waals surface area (Å²) in [7, 11) is 1.92. The highest BCUT2D eigenvalue weighted by Gasteiger charge is 2.08. The van der Waals surface area contributed by atoms with Gasteiger partial charge in [0.1, 0.15) is 12.4 Å². The maximum atomic E-state index is 12.1. The highest BCUT2D eigenvalue weighted by molar-refractivity contribution is 7.18. The number of likely N-dealkylation sites (N-methyl/N-ethyl adjacent to an activating group) is 1. The molecule has 0 aliphatic carbocycles. The molecule has 142 valence electrons. The number of para-hydroxylation sites is 2. The zero-order valence-corrected chi connectivity index (χ0v) is 16.6. The van der Waals surface area contributed by atoms with Crippen molar-refractivity contribution < 1.29 is 9.53 Å². The first-order chi connectivity index (χ1) is 13.1. The van der Waals surface area contributed by atoms with Crippen LogP contribution in [0.15, 0.2) is 48.5 Å². The number of hydrogen-bond donors (Lipinski definition) is 1. The fourth-order valence-corrected chi connectivity index (χ4v) is 3.71. The van der Waals surface area contributed by atoms with Crippen LogP contribution < -0.4 is 10.1 Å². The summed E-state index contributed by atoms with van der Waals surface area (Å²) >= 11 is 1.68. The number of thiazole rings is 1. The van der Waals surface area contributed by atoms with E-state index < -0.39 is 0 Å². The van der Waals surface area contributed by atoms with Gasteiger partial charge in [0.15, 0.2) is 0 Å². The van der Waals surface area contributed by atoms with Gasteiger partial charge in [0.2, 0.25) is 5.91 Å². The molecular formula is C21H25N3O2S. The number of fused-ring (bicyclic) bond motifs is 1. The number of carbonyl (C=O) groups is 1. The summed E-state index contributed by atoms with van der Waals surface area (Å²) in [4.78, 5) is 18.6. The van der Waals surface area contributed by atoms with Gasteiger partial charge in [0, 0.05) is 19.5 Å². The summed E-state index contributed by atoms with van der Waals surface area (Å²) in [5.41, 5.74) is 2.14. The summed E-state index contributed by atoms with van der Waals surface area (Å²) in [6.45, 7) is 4.24. The van der Waals surface area contributed by atoms with Crippen LogP contribution in [0.5, 0.6) is 5.75 Å². The van der Waals surface area contributed by atoms with Crippen LogP contribution in [0.3, 0.4) is 0 Å². The molecule has 1 aromatic heterocycles. The number of aromatic nitrogens is 1. The number of hydrogen-bond acceptors (Lipinski definition) is 5. The Kier molecular flexibility index (Phi) is 6.79.